The van der Waals surface area contributed by atoms with Gasteiger partial charge in [-0.2, -0.15) is 5.10 Å². The summed E-state index contributed by atoms with van der Waals surface area (Å²) in [5, 5.41) is 4.38. The highest BCUT2D eigenvalue weighted by Gasteiger charge is 2.27. The Labute approximate surface area is 121 Å². The van der Waals surface area contributed by atoms with Gasteiger partial charge in [0.05, 0.1) is 5.69 Å². The zero-order valence-corrected chi connectivity index (χ0v) is 12.6. The largest absolute Gasteiger partial charge is 0.333 e. The fourth-order valence-corrected chi connectivity index (χ4v) is 3.03. The van der Waals surface area contributed by atoms with E-state index < -0.39 is 0 Å². The molecule has 0 aromatic carbocycles. The van der Waals surface area contributed by atoms with E-state index in [1.807, 2.05) is 18.0 Å². The third kappa shape index (κ3) is 3.20. The molecule has 0 unspecified atom stereocenters. The zero-order valence-electron chi connectivity index (χ0n) is 12.6. The maximum Gasteiger partial charge on any atom is 0.272 e. The summed E-state index contributed by atoms with van der Waals surface area (Å²) in [6.45, 7) is 3.20. The van der Waals surface area contributed by atoms with E-state index in [2.05, 4.69) is 12.0 Å². The highest BCUT2D eigenvalue weighted by Crippen LogP contribution is 2.24. The summed E-state index contributed by atoms with van der Waals surface area (Å²) >= 11 is 0. The first-order valence-corrected chi connectivity index (χ1v) is 7.71. The van der Waals surface area contributed by atoms with Gasteiger partial charge in [0.25, 0.3) is 5.91 Å². The number of carbonyl (C=O) groups is 1. The second-order valence-electron chi connectivity index (χ2n) is 5.58. The van der Waals surface area contributed by atoms with Crippen LogP contribution in [0, 0.1) is 0 Å². The van der Waals surface area contributed by atoms with Crippen LogP contribution in [0.4, 0.5) is 0 Å². The van der Waals surface area contributed by atoms with Gasteiger partial charge in [-0.25, -0.2) is 0 Å². The maximum atomic E-state index is 12.8. The van der Waals surface area contributed by atoms with Crippen molar-refractivity contribution in [1.29, 1.82) is 0 Å². The second-order valence-corrected chi connectivity index (χ2v) is 5.58. The summed E-state index contributed by atoms with van der Waals surface area (Å²) in [5.74, 6) is 0.0806. The number of aryl methyl sites for hydroxylation is 2. The molecule has 5 heteroatoms. The van der Waals surface area contributed by atoms with Gasteiger partial charge in [0.15, 0.2) is 0 Å². The number of hydrogen-bond donors (Lipinski definition) is 1. The highest BCUT2D eigenvalue weighted by molar-refractivity contribution is 5.93. The smallest absolute Gasteiger partial charge is 0.272 e. The molecule has 1 saturated carbocycles. The summed E-state index contributed by atoms with van der Waals surface area (Å²) in [5.41, 5.74) is 7.35. The Balaban J connectivity index is 2.18. The van der Waals surface area contributed by atoms with E-state index >= 15 is 0 Å². The maximum absolute atomic E-state index is 12.8. The lowest BCUT2D eigenvalue weighted by molar-refractivity contribution is 0.0630. The topological polar surface area (TPSA) is 64.2 Å². The molecule has 1 aromatic heterocycles. The first-order valence-electron chi connectivity index (χ1n) is 7.71. The first kappa shape index (κ1) is 15.0. The van der Waals surface area contributed by atoms with Gasteiger partial charge < -0.3 is 10.6 Å². The first-order chi connectivity index (χ1) is 9.67. The minimum Gasteiger partial charge on any atom is -0.333 e. The van der Waals surface area contributed by atoms with Crippen molar-refractivity contribution in [3.05, 3.63) is 17.5 Å². The standard InChI is InChI=1S/C15H26N4O/c1-3-12-11-14(18(2)17-12)15(20)19(10-9-16)13-7-5-4-6-8-13/h11,13H,3-10,16H2,1-2H3. The molecule has 2 rings (SSSR count). The fraction of sp³-hybridized carbons (Fsp3) is 0.733. The number of hydrogen-bond acceptors (Lipinski definition) is 3. The number of carbonyl (C=O) groups excluding carboxylic acids is 1. The SMILES string of the molecule is CCc1cc(C(=O)N(CCN)C2CCCCC2)n(C)n1. The van der Waals surface area contributed by atoms with Crippen LogP contribution in [0.2, 0.25) is 0 Å². The number of rotatable bonds is 5. The van der Waals surface area contributed by atoms with Crippen molar-refractivity contribution in [3.63, 3.8) is 0 Å². The molecule has 1 aliphatic rings. The van der Waals surface area contributed by atoms with Crippen molar-refractivity contribution in [3.8, 4) is 0 Å². The van der Waals surface area contributed by atoms with Crippen LogP contribution >= 0.6 is 0 Å². The normalized spacial score (nSPS) is 16.4. The van der Waals surface area contributed by atoms with E-state index in [1.165, 1.54) is 19.3 Å². The van der Waals surface area contributed by atoms with E-state index in [-0.39, 0.29) is 5.91 Å². The summed E-state index contributed by atoms with van der Waals surface area (Å²) in [7, 11) is 1.84. The van der Waals surface area contributed by atoms with Crippen molar-refractivity contribution < 1.29 is 4.79 Å². The monoisotopic (exact) mass is 278 g/mol. The Morgan fingerprint density at radius 2 is 2.15 bits per heavy atom. The van der Waals surface area contributed by atoms with Crippen LogP contribution < -0.4 is 5.73 Å². The summed E-state index contributed by atoms with van der Waals surface area (Å²) in [4.78, 5) is 14.8. The molecule has 5 nitrogen and oxygen atoms in total. The number of nitrogens with two attached hydrogens (primary N) is 1. The van der Waals surface area contributed by atoms with Gasteiger partial charge in [-0.3, -0.25) is 9.48 Å². The predicted molar refractivity (Wildman–Crippen MR) is 79.5 cm³/mol. The van der Waals surface area contributed by atoms with E-state index in [0.717, 1.165) is 25.0 Å². The fourth-order valence-electron chi connectivity index (χ4n) is 3.03. The molecule has 1 aliphatic carbocycles. The van der Waals surface area contributed by atoms with E-state index in [1.54, 1.807) is 4.68 Å². The van der Waals surface area contributed by atoms with Crippen LogP contribution in [0.25, 0.3) is 0 Å². The molecule has 1 amide bonds. The molecule has 0 atom stereocenters. The van der Waals surface area contributed by atoms with E-state index in [4.69, 9.17) is 5.73 Å². The Hall–Kier alpha value is -1.36. The minimum atomic E-state index is 0.0806. The zero-order chi connectivity index (χ0) is 14.5. The molecule has 0 spiro atoms. The summed E-state index contributed by atoms with van der Waals surface area (Å²) in [6, 6.07) is 2.26. The van der Waals surface area contributed by atoms with Gasteiger partial charge in [-0.1, -0.05) is 26.2 Å². The van der Waals surface area contributed by atoms with Crippen molar-refractivity contribution >= 4 is 5.91 Å². The molecule has 1 heterocycles. The van der Waals surface area contributed by atoms with Gasteiger partial charge in [0.2, 0.25) is 0 Å². The second kappa shape index (κ2) is 6.88. The van der Waals surface area contributed by atoms with Crippen LogP contribution in [-0.4, -0.2) is 39.7 Å². The Bertz CT molecular complexity index is 449. The van der Waals surface area contributed by atoms with Crippen LogP contribution in [0.5, 0.6) is 0 Å². The molecule has 0 aliphatic heterocycles. The number of aromatic nitrogens is 2. The number of amides is 1. The number of nitrogens with zero attached hydrogens (tertiary/aromatic N) is 3. The lowest BCUT2D eigenvalue weighted by atomic mass is 9.94. The lowest BCUT2D eigenvalue weighted by Crippen LogP contribution is -2.44. The quantitative estimate of drug-likeness (QED) is 0.892. The van der Waals surface area contributed by atoms with Crippen LogP contribution in [-0.2, 0) is 13.5 Å². The van der Waals surface area contributed by atoms with Gasteiger partial charge in [-0.05, 0) is 25.3 Å². The predicted octanol–water partition coefficient (Wildman–Crippen LogP) is 1.72. The van der Waals surface area contributed by atoms with Gasteiger partial charge >= 0.3 is 0 Å². The molecule has 0 saturated heterocycles. The minimum absolute atomic E-state index is 0.0806. The van der Waals surface area contributed by atoms with Gasteiger partial charge in [0.1, 0.15) is 5.69 Å². The van der Waals surface area contributed by atoms with Crippen molar-refractivity contribution in [2.45, 2.75) is 51.5 Å². The Morgan fingerprint density at radius 1 is 1.45 bits per heavy atom. The molecule has 20 heavy (non-hydrogen) atoms. The molecule has 1 fully saturated rings. The van der Waals surface area contributed by atoms with Crippen LogP contribution in [0.3, 0.4) is 0 Å². The third-order valence-corrected chi connectivity index (χ3v) is 4.16. The molecular formula is C15H26N4O. The average Bonchev–Trinajstić information content (AvgIpc) is 2.86. The van der Waals surface area contributed by atoms with Crippen molar-refractivity contribution in [2.24, 2.45) is 12.8 Å². The molecule has 1 aromatic rings. The van der Waals surface area contributed by atoms with Crippen molar-refractivity contribution in [2.75, 3.05) is 13.1 Å². The molecule has 0 bridgehead atoms. The Morgan fingerprint density at radius 3 is 2.70 bits per heavy atom. The Kier molecular flexibility index (Phi) is 5.17. The van der Waals surface area contributed by atoms with Crippen molar-refractivity contribution in [1.82, 2.24) is 14.7 Å². The summed E-state index contributed by atoms with van der Waals surface area (Å²) < 4.78 is 1.70. The molecular weight excluding hydrogens is 252 g/mol. The lowest BCUT2D eigenvalue weighted by Gasteiger charge is -2.34. The average molecular weight is 278 g/mol. The summed E-state index contributed by atoms with van der Waals surface area (Å²) in [6.07, 6.45) is 6.76. The molecule has 2 N–H and O–H groups in total. The van der Waals surface area contributed by atoms with Gasteiger partial charge in [-0.15, -0.1) is 0 Å². The third-order valence-electron chi connectivity index (χ3n) is 4.16. The molecule has 0 radical (unpaired) electrons. The molecule has 112 valence electrons. The van der Waals surface area contributed by atoms with Crippen LogP contribution in [0.1, 0.15) is 55.2 Å². The van der Waals surface area contributed by atoms with Crippen LogP contribution in [0.15, 0.2) is 6.07 Å². The van der Waals surface area contributed by atoms with Gasteiger partial charge in [0, 0.05) is 26.2 Å². The van der Waals surface area contributed by atoms with E-state index in [0.29, 0.717) is 24.8 Å². The van der Waals surface area contributed by atoms with E-state index in [9.17, 15) is 4.79 Å². The highest BCUT2D eigenvalue weighted by atomic mass is 16.2.